The van der Waals surface area contributed by atoms with E-state index in [1.165, 1.54) is 6.07 Å². The van der Waals surface area contributed by atoms with Gasteiger partial charge < -0.3 is 5.32 Å². The second-order valence-electron chi connectivity index (χ2n) is 4.18. The average molecular weight is 276 g/mol. The maximum Gasteiger partial charge on any atom is 0.142 e. The molecule has 17 heavy (non-hydrogen) atoms. The van der Waals surface area contributed by atoms with Crippen LogP contribution in [0.4, 0.5) is 4.39 Å². The van der Waals surface area contributed by atoms with Crippen molar-refractivity contribution in [3.8, 4) is 0 Å². The zero-order chi connectivity index (χ0) is 12.8. The largest absolute Gasteiger partial charge is 0.310 e. The highest BCUT2D eigenvalue weighted by Gasteiger charge is 2.08. The van der Waals surface area contributed by atoms with Crippen molar-refractivity contribution >= 4 is 23.4 Å². The van der Waals surface area contributed by atoms with Crippen molar-refractivity contribution in [2.45, 2.75) is 31.6 Å². The zero-order valence-corrected chi connectivity index (χ0v) is 12.0. The van der Waals surface area contributed by atoms with Gasteiger partial charge in [0.25, 0.3) is 0 Å². The van der Waals surface area contributed by atoms with Gasteiger partial charge in [0.2, 0.25) is 0 Å². The lowest BCUT2D eigenvalue weighted by atomic mass is 10.1. The molecule has 2 atom stereocenters. The van der Waals surface area contributed by atoms with Crippen LogP contribution in [0.3, 0.4) is 0 Å². The molecule has 0 saturated heterocycles. The van der Waals surface area contributed by atoms with Crippen LogP contribution >= 0.6 is 23.4 Å². The van der Waals surface area contributed by atoms with E-state index in [0.717, 1.165) is 18.5 Å². The van der Waals surface area contributed by atoms with E-state index in [-0.39, 0.29) is 16.9 Å². The summed E-state index contributed by atoms with van der Waals surface area (Å²) in [5.74, 6) is -0.352. The van der Waals surface area contributed by atoms with Gasteiger partial charge in [0.15, 0.2) is 0 Å². The van der Waals surface area contributed by atoms with Crippen LogP contribution in [0.2, 0.25) is 5.02 Å². The van der Waals surface area contributed by atoms with Crippen LogP contribution in [0, 0.1) is 5.82 Å². The lowest BCUT2D eigenvalue weighted by Gasteiger charge is -2.16. The van der Waals surface area contributed by atoms with E-state index in [4.69, 9.17) is 11.6 Å². The fourth-order valence-corrected chi connectivity index (χ4v) is 1.99. The number of hydrogen-bond donors (Lipinski definition) is 1. The molecule has 0 amide bonds. The molecule has 1 nitrogen and oxygen atoms in total. The van der Waals surface area contributed by atoms with Crippen LogP contribution in [0.15, 0.2) is 18.2 Å². The minimum absolute atomic E-state index is 0.149. The molecule has 1 rings (SSSR count). The van der Waals surface area contributed by atoms with Crippen molar-refractivity contribution in [2.24, 2.45) is 0 Å². The van der Waals surface area contributed by atoms with E-state index in [1.807, 2.05) is 24.8 Å². The molecule has 0 fully saturated rings. The molecule has 0 heterocycles. The van der Waals surface area contributed by atoms with Gasteiger partial charge in [-0.3, -0.25) is 0 Å². The van der Waals surface area contributed by atoms with E-state index < -0.39 is 0 Å². The minimum atomic E-state index is -0.352. The Morgan fingerprint density at radius 2 is 2.12 bits per heavy atom. The summed E-state index contributed by atoms with van der Waals surface area (Å²) in [7, 11) is 0. The number of rotatable bonds is 6. The van der Waals surface area contributed by atoms with Gasteiger partial charge in [0.1, 0.15) is 5.82 Å². The Hall–Kier alpha value is -0.250. The van der Waals surface area contributed by atoms with Gasteiger partial charge in [-0.15, -0.1) is 0 Å². The second-order valence-corrected chi connectivity index (χ2v) is 5.87. The molecule has 96 valence electrons. The molecule has 0 aliphatic rings. The fourth-order valence-electron chi connectivity index (χ4n) is 1.52. The topological polar surface area (TPSA) is 12.0 Å². The highest BCUT2D eigenvalue weighted by atomic mass is 35.5. The molecule has 0 aromatic heterocycles. The number of nitrogens with one attached hydrogen (secondary N) is 1. The first-order valence-electron chi connectivity index (χ1n) is 5.75. The maximum absolute atomic E-state index is 13.3. The molecule has 0 aliphatic carbocycles. The van der Waals surface area contributed by atoms with E-state index in [9.17, 15) is 4.39 Å². The summed E-state index contributed by atoms with van der Waals surface area (Å²) in [6.45, 7) is 5.18. The van der Waals surface area contributed by atoms with E-state index >= 15 is 0 Å². The van der Waals surface area contributed by atoms with E-state index in [0.29, 0.717) is 5.25 Å². The molecule has 1 aromatic carbocycles. The highest BCUT2D eigenvalue weighted by molar-refractivity contribution is 7.99. The second kappa shape index (κ2) is 7.24. The molecular weight excluding hydrogens is 257 g/mol. The van der Waals surface area contributed by atoms with Crippen molar-refractivity contribution in [3.05, 3.63) is 34.6 Å². The molecule has 1 aromatic rings. The summed E-state index contributed by atoms with van der Waals surface area (Å²) in [4.78, 5) is 0. The molecular formula is C13H19ClFNS. The van der Waals surface area contributed by atoms with Gasteiger partial charge in [-0.25, -0.2) is 4.39 Å². The Morgan fingerprint density at radius 1 is 1.41 bits per heavy atom. The third-order valence-corrected chi connectivity index (χ3v) is 4.19. The summed E-state index contributed by atoms with van der Waals surface area (Å²) >= 11 is 7.51. The maximum atomic E-state index is 13.3. The Morgan fingerprint density at radius 3 is 2.71 bits per heavy atom. The zero-order valence-electron chi connectivity index (χ0n) is 10.5. The molecule has 0 radical (unpaired) electrons. The number of hydrogen-bond acceptors (Lipinski definition) is 2. The van der Waals surface area contributed by atoms with Crippen LogP contribution < -0.4 is 5.32 Å². The van der Waals surface area contributed by atoms with Crippen molar-refractivity contribution in [1.29, 1.82) is 0 Å². The summed E-state index contributed by atoms with van der Waals surface area (Å²) in [5, 5.41) is 4.22. The van der Waals surface area contributed by atoms with E-state index in [1.54, 1.807) is 6.07 Å². The van der Waals surface area contributed by atoms with Gasteiger partial charge in [0, 0.05) is 11.3 Å². The van der Waals surface area contributed by atoms with Crippen molar-refractivity contribution in [1.82, 2.24) is 5.32 Å². The Labute approximate surface area is 112 Å². The molecule has 2 unspecified atom stereocenters. The standard InChI is InChI=1S/C13H19ClFNS/c1-9(17-3)6-7-16-10(2)11-4-5-12(14)13(15)8-11/h4-5,8-10,16H,6-7H2,1-3H3. The van der Waals surface area contributed by atoms with Crippen molar-refractivity contribution < 1.29 is 4.39 Å². The third-order valence-electron chi connectivity index (χ3n) is 2.85. The Balaban J connectivity index is 2.46. The fraction of sp³-hybridized carbons (Fsp3) is 0.538. The average Bonchev–Trinajstić information content (AvgIpc) is 2.32. The van der Waals surface area contributed by atoms with Crippen molar-refractivity contribution in [2.75, 3.05) is 12.8 Å². The summed E-state index contributed by atoms with van der Waals surface area (Å²) in [5.41, 5.74) is 0.934. The van der Waals surface area contributed by atoms with Gasteiger partial charge in [-0.2, -0.15) is 11.8 Å². The predicted octanol–water partition coefficient (Wildman–Crippen LogP) is 4.27. The first-order chi connectivity index (χ1) is 8.04. The predicted molar refractivity (Wildman–Crippen MR) is 75.4 cm³/mol. The van der Waals surface area contributed by atoms with Gasteiger partial charge in [-0.1, -0.05) is 24.6 Å². The number of benzene rings is 1. The molecule has 0 saturated carbocycles. The van der Waals surface area contributed by atoms with E-state index in [2.05, 4.69) is 18.5 Å². The molecule has 0 bridgehead atoms. The summed E-state index contributed by atoms with van der Waals surface area (Å²) in [6, 6.07) is 5.12. The normalized spacial score (nSPS) is 14.6. The summed E-state index contributed by atoms with van der Waals surface area (Å²) in [6.07, 6.45) is 3.23. The first-order valence-corrected chi connectivity index (χ1v) is 7.42. The van der Waals surface area contributed by atoms with Crippen LogP contribution in [0.1, 0.15) is 31.9 Å². The monoisotopic (exact) mass is 275 g/mol. The smallest absolute Gasteiger partial charge is 0.142 e. The van der Waals surface area contributed by atoms with Crippen LogP contribution in [0.5, 0.6) is 0 Å². The number of thioether (sulfide) groups is 1. The van der Waals surface area contributed by atoms with Crippen LogP contribution in [-0.4, -0.2) is 18.1 Å². The Kier molecular flexibility index (Phi) is 6.31. The van der Waals surface area contributed by atoms with Gasteiger partial charge in [0.05, 0.1) is 5.02 Å². The SMILES string of the molecule is CSC(C)CCNC(C)c1ccc(Cl)c(F)c1. The Bertz CT molecular complexity index is 359. The van der Waals surface area contributed by atoms with Crippen molar-refractivity contribution in [3.63, 3.8) is 0 Å². The minimum Gasteiger partial charge on any atom is -0.310 e. The molecule has 4 heteroatoms. The quantitative estimate of drug-likeness (QED) is 0.832. The molecule has 0 aliphatic heterocycles. The van der Waals surface area contributed by atoms with Gasteiger partial charge >= 0.3 is 0 Å². The van der Waals surface area contributed by atoms with Crippen LogP contribution in [0.25, 0.3) is 0 Å². The number of halogens is 2. The highest BCUT2D eigenvalue weighted by Crippen LogP contribution is 2.20. The molecule has 0 spiro atoms. The third kappa shape index (κ3) is 4.86. The van der Waals surface area contributed by atoms with Gasteiger partial charge in [-0.05, 0) is 43.8 Å². The lowest BCUT2D eigenvalue weighted by molar-refractivity contribution is 0.551. The lowest BCUT2D eigenvalue weighted by Crippen LogP contribution is -2.22. The summed E-state index contributed by atoms with van der Waals surface area (Å²) < 4.78 is 13.3. The molecule has 1 N–H and O–H groups in total. The van der Waals surface area contributed by atoms with Crippen LogP contribution in [-0.2, 0) is 0 Å². The first kappa shape index (κ1) is 14.8.